The first-order chi connectivity index (χ1) is 16.1. The Hall–Kier alpha value is -3.16. The summed E-state index contributed by atoms with van der Waals surface area (Å²) in [6, 6.07) is 17.1. The Morgan fingerprint density at radius 3 is 2.82 bits per heavy atom. The van der Waals surface area contributed by atoms with Gasteiger partial charge in [-0.05, 0) is 29.8 Å². The molecule has 2 aromatic heterocycles. The molecule has 33 heavy (non-hydrogen) atoms. The number of hydrogen-bond donors (Lipinski definition) is 0. The normalized spacial score (nSPS) is 17.0. The van der Waals surface area contributed by atoms with Gasteiger partial charge >= 0.3 is 0 Å². The van der Waals surface area contributed by atoms with Crippen LogP contribution in [0.3, 0.4) is 0 Å². The molecule has 1 atom stereocenters. The molecule has 172 valence electrons. The maximum atomic E-state index is 13.8. The van der Waals surface area contributed by atoms with Crippen LogP contribution in [0.5, 0.6) is 5.75 Å². The largest absolute Gasteiger partial charge is 0.490 e. The molecule has 1 saturated heterocycles. The van der Waals surface area contributed by atoms with Crippen molar-refractivity contribution in [2.24, 2.45) is 14.1 Å². The minimum atomic E-state index is -0.343. The van der Waals surface area contributed by atoms with Crippen LogP contribution in [0.1, 0.15) is 23.1 Å². The highest BCUT2D eigenvalue weighted by atomic mass is 19.1. The van der Waals surface area contributed by atoms with Gasteiger partial charge in [0.15, 0.2) is 11.6 Å². The summed E-state index contributed by atoms with van der Waals surface area (Å²) in [4.78, 5) is 2.44. The molecule has 0 unspecified atom stereocenters. The predicted molar refractivity (Wildman–Crippen MR) is 126 cm³/mol. The number of para-hydroxylation sites is 2. The lowest BCUT2D eigenvalue weighted by atomic mass is 10.1. The van der Waals surface area contributed by atoms with E-state index in [2.05, 4.69) is 53.0 Å². The number of aryl methyl sites for hydroxylation is 2. The summed E-state index contributed by atoms with van der Waals surface area (Å²) in [5.41, 5.74) is 4.56. The van der Waals surface area contributed by atoms with Crippen molar-refractivity contribution < 1.29 is 13.9 Å². The van der Waals surface area contributed by atoms with Crippen LogP contribution in [0.4, 0.5) is 4.39 Å². The maximum absolute atomic E-state index is 13.8. The Morgan fingerprint density at radius 2 is 1.94 bits per heavy atom. The van der Waals surface area contributed by atoms with Crippen molar-refractivity contribution in [3.05, 3.63) is 83.6 Å². The number of ether oxygens (including phenoxy) is 2. The fraction of sp³-hybridized carbons (Fsp3) is 0.346. The third kappa shape index (κ3) is 4.65. The summed E-state index contributed by atoms with van der Waals surface area (Å²) in [6.07, 6.45) is 2.80. The monoisotopic (exact) mass is 448 g/mol. The number of aromatic nitrogens is 3. The first-order valence-electron chi connectivity index (χ1n) is 11.4. The van der Waals surface area contributed by atoms with Crippen LogP contribution >= 0.6 is 0 Å². The van der Waals surface area contributed by atoms with E-state index < -0.39 is 0 Å². The zero-order valence-electron chi connectivity index (χ0n) is 19.1. The average molecular weight is 449 g/mol. The summed E-state index contributed by atoms with van der Waals surface area (Å²) >= 11 is 0. The third-order valence-electron chi connectivity index (χ3n) is 6.30. The highest BCUT2D eigenvalue weighted by Crippen LogP contribution is 2.26. The number of rotatable bonds is 7. The summed E-state index contributed by atoms with van der Waals surface area (Å²) in [5, 5.41) is 6.01. The zero-order chi connectivity index (χ0) is 22.8. The smallest absolute Gasteiger partial charge is 0.165 e. The van der Waals surface area contributed by atoms with E-state index in [1.54, 1.807) is 18.2 Å². The summed E-state index contributed by atoms with van der Waals surface area (Å²) in [7, 11) is 4.03. The van der Waals surface area contributed by atoms with Crippen LogP contribution in [0.25, 0.3) is 10.9 Å². The van der Waals surface area contributed by atoms with E-state index in [0.717, 1.165) is 31.0 Å². The molecule has 0 amide bonds. The van der Waals surface area contributed by atoms with Gasteiger partial charge in [-0.25, -0.2) is 4.39 Å². The van der Waals surface area contributed by atoms with Gasteiger partial charge in [0.2, 0.25) is 0 Å². The molecule has 2 aromatic carbocycles. The van der Waals surface area contributed by atoms with Crippen molar-refractivity contribution in [1.29, 1.82) is 0 Å². The van der Waals surface area contributed by atoms with Crippen LogP contribution in [0.2, 0.25) is 0 Å². The van der Waals surface area contributed by atoms with Gasteiger partial charge < -0.3 is 14.0 Å². The number of fused-ring (bicyclic) bond motifs is 1. The lowest BCUT2D eigenvalue weighted by Gasteiger charge is -2.32. The van der Waals surface area contributed by atoms with Crippen LogP contribution in [0.15, 0.2) is 60.8 Å². The van der Waals surface area contributed by atoms with E-state index in [1.165, 1.54) is 22.5 Å². The molecule has 0 saturated carbocycles. The highest BCUT2D eigenvalue weighted by molar-refractivity contribution is 5.83. The minimum Gasteiger partial charge on any atom is -0.490 e. The molecular weight excluding hydrogens is 419 g/mol. The van der Waals surface area contributed by atoms with Crippen molar-refractivity contribution in [3.63, 3.8) is 0 Å². The van der Waals surface area contributed by atoms with Crippen LogP contribution in [-0.4, -0.2) is 45.6 Å². The molecule has 3 heterocycles. The second-order valence-corrected chi connectivity index (χ2v) is 8.59. The Labute approximate surface area is 193 Å². The van der Waals surface area contributed by atoms with Crippen molar-refractivity contribution in [3.8, 4) is 5.75 Å². The molecule has 1 aliphatic rings. The van der Waals surface area contributed by atoms with E-state index >= 15 is 0 Å². The van der Waals surface area contributed by atoms with Gasteiger partial charge in [-0.1, -0.05) is 30.3 Å². The first-order valence-corrected chi connectivity index (χ1v) is 11.4. The molecule has 0 aliphatic carbocycles. The van der Waals surface area contributed by atoms with Gasteiger partial charge in [0.1, 0.15) is 6.10 Å². The van der Waals surface area contributed by atoms with Crippen molar-refractivity contribution in [1.82, 2.24) is 19.2 Å². The van der Waals surface area contributed by atoms with E-state index in [1.807, 2.05) is 11.7 Å². The molecule has 0 spiro atoms. The lowest BCUT2D eigenvalue weighted by molar-refractivity contribution is -0.0351. The molecule has 0 N–H and O–H groups in total. The molecular formula is C26H29FN4O2. The molecule has 1 aliphatic heterocycles. The van der Waals surface area contributed by atoms with Gasteiger partial charge in [-0.3, -0.25) is 9.58 Å². The van der Waals surface area contributed by atoms with Gasteiger partial charge in [0.05, 0.1) is 18.9 Å². The highest BCUT2D eigenvalue weighted by Gasteiger charge is 2.25. The third-order valence-corrected chi connectivity index (χ3v) is 6.30. The lowest BCUT2D eigenvalue weighted by Crippen LogP contribution is -2.38. The molecule has 7 heteroatoms. The van der Waals surface area contributed by atoms with Crippen molar-refractivity contribution >= 4 is 10.9 Å². The quantitative estimate of drug-likeness (QED) is 0.424. The van der Waals surface area contributed by atoms with Gasteiger partial charge in [0.25, 0.3) is 0 Å². The Kier molecular flexibility index (Phi) is 6.15. The number of nitrogens with zero attached hydrogens (tertiary/aromatic N) is 4. The molecule has 6 nitrogen and oxygen atoms in total. The molecule has 5 rings (SSSR count). The fourth-order valence-electron chi connectivity index (χ4n) is 4.57. The van der Waals surface area contributed by atoms with E-state index in [4.69, 9.17) is 14.6 Å². The molecule has 1 fully saturated rings. The Bertz CT molecular complexity index is 1250. The molecule has 0 radical (unpaired) electrons. The van der Waals surface area contributed by atoms with Crippen LogP contribution < -0.4 is 4.74 Å². The number of morpholine rings is 1. The van der Waals surface area contributed by atoms with E-state index in [0.29, 0.717) is 19.6 Å². The van der Waals surface area contributed by atoms with E-state index in [-0.39, 0.29) is 17.7 Å². The fourth-order valence-corrected chi connectivity index (χ4v) is 4.57. The van der Waals surface area contributed by atoms with E-state index in [9.17, 15) is 4.39 Å². The van der Waals surface area contributed by atoms with Gasteiger partial charge in [-0.15, -0.1) is 0 Å². The molecule has 0 bridgehead atoms. The van der Waals surface area contributed by atoms with Gasteiger partial charge in [0, 0.05) is 62.9 Å². The number of hydrogen-bond acceptors (Lipinski definition) is 4. The van der Waals surface area contributed by atoms with Gasteiger partial charge in [-0.2, -0.15) is 5.10 Å². The van der Waals surface area contributed by atoms with Crippen molar-refractivity contribution in [2.75, 3.05) is 26.3 Å². The Balaban J connectivity index is 1.23. The number of halogens is 1. The summed E-state index contributed by atoms with van der Waals surface area (Å²) in [6.45, 7) is 3.65. The summed E-state index contributed by atoms with van der Waals surface area (Å²) < 4.78 is 29.5. The zero-order valence-corrected chi connectivity index (χ0v) is 19.1. The predicted octanol–water partition coefficient (Wildman–Crippen LogP) is 4.25. The second kappa shape index (κ2) is 9.37. The Morgan fingerprint density at radius 1 is 1.12 bits per heavy atom. The second-order valence-electron chi connectivity index (χ2n) is 8.59. The number of benzene rings is 2. The van der Waals surface area contributed by atoms with Crippen LogP contribution in [-0.2, 0) is 31.8 Å². The average Bonchev–Trinajstić information content (AvgIpc) is 3.35. The first kappa shape index (κ1) is 21.7. The standard InChI is InChI=1S/C26H29FN4O2/c1-29-16-19(21-7-3-5-9-24(21)29)17-31-12-14-33-26(18-31)23-15-20(30(2)28-23)11-13-32-25-10-6-4-8-22(25)27/h3-10,15-16,26H,11-14,17-18H2,1-2H3/t26-/m1/s1. The van der Waals surface area contributed by atoms with Crippen molar-refractivity contribution in [2.45, 2.75) is 19.1 Å². The topological polar surface area (TPSA) is 44.5 Å². The SMILES string of the molecule is Cn1nc([C@H]2CN(Cc3cn(C)c4ccccc34)CCO2)cc1CCOc1ccccc1F. The summed E-state index contributed by atoms with van der Waals surface area (Å²) in [5.74, 6) is -0.0651. The minimum absolute atomic E-state index is 0.0684. The molecule has 4 aromatic rings. The maximum Gasteiger partial charge on any atom is 0.165 e. The van der Waals surface area contributed by atoms with Crippen LogP contribution in [0, 0.1) is 5.82 Å².